The first-order chi connectivity index (χ1) is 6.77. The van der Waals surface area contributed by atoms with Gasteiger partial charge in [-0.3, -0.25) is 0 Å². The maximum atomic E-state index is 10.9. The Balaban J connectivity index is 4.39. The van der Waals surface area contributed by atoms with Crippen LogP contribution >= 0.6 is 0 Å². The summed E-state index contributed by atoms with van der Waals surface area (Å²) < 4.78 is 21.7. The summed E-state index contributed by atoms with van der Waals surface area (Å²) in [5, 5.41) is 13.6. The van der Waals surface area contributed by atoms with Crippen molar-refractivity contribution in [3.63, 3.8) is 0 Å². The lowest BCUT2D eigenvalue weighted by atomic mass is 10.2. The van der Waals surface area contributed by atoms with Crippen LogP contribution in [0.25, 0.3) is 0 Å². The Bertz CT molecular complexity index is 346. The zero-order chi connectivity index (χ0) is 12.1. The van der Waals surface area contributed by atoms with Crippen LogP contribution in [0.2, 0.25) is 0 Å². The van der Waals surface area contributed by atoms with Crippen LogP contribution in [0, 0.1) is 0 Å². The van der Waals surface area contributed by atoms with E-state index < -0.39 is 10.0 Å². The minimum Gasteiger partial charge on any atom is -0.395 e. The second-order valence-electron chi connectivity index (χ2n) is 3.46. The van der Waals surface area contributed by atoms with E-state index in [1.807, 2.05) is 11.9 Å². The van der Waals surface area contributed by atoms with Gasteiger partial charge in [-0.15, -0.1) is 0 Å². The Morgan fingerprint density at radius 2 is 2.13 bits per heavy atom. The molecule has 3 N–H and O–H groups in total. The second-order valence-corrected chi connectivity index (χ2v) is 5.08. The van der Waals surface area contributed by atoms with Crippen molar-refractivity contribution in [2.24, 2.45) is 5.14 Å². The van der Waals surface area contributed by atoms with Crippen LogP contribution in [-0.4, -0.2) is 45.2 Å². The van der Waals surface area contributed by atoms with Crippen molar-refractivity contribution in [1.29, 1.82) is 0 Å². The van der Waals surface area contributed by atoms with Gasteiger partial charge in [0.25, 0.3) is 0 Å². The van der Waals surface area contributed by atoms with E-state index in [-0.39, 0.29) is 11.5 Å². The molecule has 0 saturated carbocycles. The first kappa shape index (κ1) is 14.3. The van der Waals surface area contributed by atoms with Crippen molar-refractivity contribution in [3.05, 3.63) is 23.1 Å². The molecule has 0 fully saturated rings. The highest BCUT2D eigenvalue weighted by Crippen LogP contribution is 2.05. The van der Waals surface area contributed by atoms with Gasteiger partial charge < -0.3 is 10.0 Å². The Morgan fingerprint density at radius 1 is 1.60 bits per heavy atom. The number of sulfonamides is 1. The van der Waals surface area contributed by atoms with E-state index in [4.69, 9.17) is 10.2 Å². The standard InChI is InChI=1S/C9H18N2O3S/c1-8(7-11(3)4-5-12)6-9(2)15(10,13)14/h6,12H,2,4-5,7H2,1,3H3,(H2,10,13,14)/b8-6+. The zero-order valence-electron chi connectivity index (χ0n) is 9.10. The van der Waals surface area contributed by atoms with Crippen LogP contribution in [0.15, 0.2) is 23.1 Å². The maximum Gasteiger partial charge on any atom is 0.237 e. The summed E-state index contributed by atoms with van der Waals surface area (Å²) in [5.74, 6) is 0. The van der Waals surface area contributed by atoms with Crippen LogP contribution in [0.4, 0.5) is 0 Å². The highest BCUT2D eigenvalue weighted by Gasteiger charge is 2.06. The molecule has 0 atom stereocenters. The minimum absolute atomic E-state index is 0.0694. The average Bonchev–Trinajstić information content (AvgIpc) is 2.01. The van der Waals surface area contributed by atoms with E-state index in [2.05, 4.69) is 6.58 Å². The molecule has 0 aromatic carbocycles. The van der Waals surface area contributed by atoms with Crippen molar-refractivity contribution in [3.8, 4) is 0 Å². The molecule has 0 aromatic heterocycles. The highest BCUT2D eigenvalue weighted by molar-refractivity contribution is 7.93. The molecule has 5 nitrogen and oxygen atoms in total. The van der Waals surface area contributed by atoms with E-state index >= 15 is 0 Å². The number of rotatable bonds is 6. The van der Waals surface area contributed by atoms with Gasteiger partial charge in [0, 0.05) is 13.1 Å². The molecule has 0 aliphatic rings. The molecule has 0 unspecified atom stereocenters. The van der Waals surface area contributed by atoms with Crippen LogP contribution in [0.3, 0.4) is 0 Å². The second kappa shape index (κ2) is 6.02. The average molecular weight is 234 g/mol. The van der Waals surface area contributed by atoms with Crippen LogP contribution < -0.4 is 5.14 Å². The first-order valence-electron chi connectivity index (χ1n) is 4.45. The molecule has 0 aromatic rings. The third kappa shape index (κ3) is 6.40. The smallest absolute Gasteiger partial charge is 0.237 e. The predicted molar refractivity (Wildman–Crippen MR) is 60.6 cm³/mol. The molecule has 88 valence electrons. The lowest BCUT2D eigenvalue weighted by Crippen LogP contribution is -2.24. The summed E-state index contributed by atoms with van der Waals surface area (Å²) in [7, 11) is -1.86. The largest absolute Gasteiger partial charge is 0.395 e. The van der Waals surface area contributed by atoms with Gasteiger partial charge >= 0.3 is 0 Å². The van der Waals surface area contributed by atoms with Gasteiger partial charge in [-0.2, -0.15) is 0 Å². The molecule has 6 heteroatoms. The highest BCUT2D eigenvalue weighted by atomic mass is 32.2. The lowest BCUT2D eigenvalue weighted by Gasteiger charge is -2.15. The quantitative estimate of drug-likeness (QED) is 0.616. The summed E-state index contributed by atoms with van der Waals surface area (Å²) in [6.45, 7) is 6.31. The molecule has 0 amide bonds. The third-order valence-corrected chi connectivity index (χ3v) is 2.62. The number of hydrogen-bond donors (Lipinski definition) is 2. The number of nitrogens with zero attached hydrogens (tertiary/aromatic N) is 1. The molecule has 0 spiro atoms. The molecule has 15 heavy (non-hydrogen) atoms. The molecule has 0 saturated heterocycles. The monoisotopic (exact) mass is 234 g/mol. The van der Waals surface area contributed by atoms with E-state index in [0.29, 0.717) is 13.1 Å². The van der Waals surface area contributed by atoms with E-state index in [9.17, 15) is 8.42 Å². The topological polar surface area (TPSA) is 83.6 Å². The fourth-order valence-corrected chi connectivity index (χ4v) is 1.44. The molecule has 0 heterocycles. The Morgan fingerprint density at radius 3 is 2.53 bits per heavy atom. The first-order valence-corrected chi connectivity index (χ1v) is 6.00. The third-order valence-electron chi connectivity index (χ3n) is 1.77. The fourth-order valence-electron chi connectivity index (χ4n) is 1.08. The fraction of sp³-hybridized carbons (Fsp3) is 0.556. The Labute approximate surface area is 90.9 Å². The van der Waals surface area contributed by atoms with Gasteiger partial charge in [-0.1, -0.05) is 12.2 Å². The van der Waals surface area contributed by atoms with Crippen LogP contribution in [0.1, 0.15) is 6.92 Å². The van der Waals surface area contributed by atoms with Crippen molar-refractivity contribution < 1.29 is 13.5 Å². The van der Waals surface area contributed by atoms with Crippen molar-refractivity contribution in [2.75, 3.05) is 26.7 Å². The molecular weight excluding hydrogens is 216 g/mol. The number of aliphatic hydroxyl groups excluding tert-OH is 1. The summed E-state index contributed by atoms with van der Waals surface area (Å²) in [6.07, 6.45) is 1.43. The predicted octanol–water partition coefficient (Wildman–Crippen LogP) is -0.341. The molecule has 0 rings (SSSR count). The van der Waals surface area contributed by atoms with Crippen molar-refractivity contribution in [2.45, 2.75) is 6.92 Å². The van der Waals surface area contributed by atoms with Gasteiger partial charge in [-0.25, -0.2) is 13.6 Å². The number of primary sulfonamides is 1. The summed E-state index contributed by atoms with van der Waals surface area (Å²) in [5.41, 5.74) is 0.824. The van der Waals surface area contributed by atoms with Gasteiger partial charge in [0.15, 0.2) is 0 Å². The van der Waals surface area contributed by atoms with Gasteiger partial charge in [0.05, 0.1) is 11.5 Å². The Kier molecular flexibility index (Phi) is 5.74. The summed E-state index contributed by atoms with van der Waals surface area (Å²) >= 11 is 0. The Hall–Kier alpha value is -0.690. The van der Waals surface area contributed by atoms with Crippen LogP contribution in [0.5, 0.6) is 0 Å². The molecule has 0 aliphatic carbocycles. The zero-order valence-corrected chi connectivity index (χ0v) is 9.92. The molecule has 0 bridgehead atoms. The lowest BCUT2D eigenvalue weighted by molar-refractivity contribution is 0.230. The number of hydrogen-bond acceptors (Lipinski definition) is 4. The van der Waals surface area contributed by atoms with Crippen LogP contribution in [-0.2, 0) is 10.0 Å². The van der Waals surface area contributed by atoms with Gasteiger partial charge in [-0.05, 0) is 20.0 Å². The SMILES string of the molecule is C=C(/C=C(\C)CN(C)CCO)S(N)(=O)=O. The summed E-state index contributed by atoms with van der Waals surface area (Å²) in [4.78, 5) is 1.76. The van der Waals surface area contributed by atoms with Crippen molar-refractivity contribution in [1.82, 2.24) is 4.90 Å². The molecule has 0 aliphatic heterocycles. The van der Waals surface area contributed by atoms with E-state index in [0.717, 1.165) is 5.57 Å². The minimum atomic E-state index is -3.68. The number of aliphatic hydroxyl groups is 1. The number of nitrogens with two attached hydrogens (primary N) is 1. The normalized spacial score (nSPS) is 13.3. The van der Waals surface area contributed by atoms with Gasteiger partial charge in [0.2, 0.25) is 10.0 Å². The maximum absolute atomic E-state index is 10.9. The van der Waals surface area contributed by atoms with Crippen molar-refractivity contribution >= 4 is 10.0 Å². The molecule has 0 radical (unpaired) electrons. The summed E-state index contributed by atoms with van der Waals surface area (Å²) in [6, 6.07) is 0. The van der Waals surface area contributed by atoms with E-state index in [1.165, 1.54) is 6.08 Å². The molecular formula is C9H18N2O3S. The number of likely N-dealkylation sites (N-methyl/N-ethyl adjacent to an activating group) is 1. The van der Waals surface area contributed by atoms with Gasteiger partial charge in [0.1, 0.15) is 0 Å². The number of allylic oxidation sites excluding steroid dienone is 1. The van der Waals surface area contributed by atoms with E-state index in [1.54, 1.807) is 6.92 Å².